The Kier molecular flexibility index (Phi) is 3.03. The number of fused-ring (bicyclic) bond motifs is 1. The van der Waals surface area contributed by atoms with Crippen molar-refractivity contribution in [1.29, 1.82) is 0 Å². The summed E-state index contributed by atoms with van der Waals surface area (Å²) in [5.74, 6) is 0.0448. The van der Waals surface area contributed by atoms with Gasteiger partial charge >= 0.3 is 5.97 Å². The number of hydrogen-bond acceptors (Lipinski definition) is 5. The van der Waals surface area contributed by atoms with Gasteiger partial charge in [0, 0.05) is 19.8 Å². The maximum atomic E-state index is 12.2. The first-order chi connectivity index (χ1) is 12.5. The first kappa shape index (κ1) is 15.4. The SMILES string of the molecule is CC(=O)O[C@@H]1CCC2(Oc3cccc4cccc(c34)O2)[C@]12C=CC(=O)C2. The number of carbonyl (C=O) groups excluding carboxylic acids is 2. The van der Waals surface area contributed by atoms with E-state index < -0.39 is 17.3 Å². The molecular formula is C21H18O5. The van der Waals surface area contributed by atoms with Gasteiger partial charge in [-0.05, 0) is 30.0 Å². The second-order valence-corrected chi connectivity index (χ2v) is 7.22. The Morgan fingerprint density at radius 1 is 1.15 bits per heavy atom. The van der Waals surface area contributed by atoms with Gasteiger partial charge in [-0.25, -0.2) is 0 Å². The van der Waals surface area contributed by atoms with E-state index in [9.17, 15) is 9.59 Å². The van der Waals surface area contributed by atoms with Gasteiger partial charge in [-0.1, -0.05) is 30.3 Å². The first-order valence-electron chi connectivity index (χ1n) is 8.82. The fourth-order valence-corrected chi connectivity index (χ4v) is 4.66. The van der Waals surface area contributed by atoms with E-state index in [0.29, 0.717) is 12.8 Å². The van der Waals surface area contributed by atoms with E-state index in [2.05, 4.69) is 0 Å². The lowest BCUT2D eigenvalue weighted by atomic mass is 9.78. The maximum Gasteiger partial charge on any atom is 0.302 e. The number of carbonyl (C=O) groups is 2. The number of rotatable bonds is 1. The molecule has 0 N–H and O–H groups in total. The molecule has 2 aliphatic carbocycles. The van der Waals surface area contributed by atoms with Gasteiger partial charge in [0.2, 0.25) is 0 Å². The van der Waals surface area contributed by atoms with Crippen molar-refractivity contribution in [1.82, 2.24) is 0 Å². The Balaban J connectivity index is 1.66. The standard InChI is InChI=1S/C21H18O5/c1-13(22)24-18-9-11-21(20(18)10-8-15(23)12-20)25-16-6-2-4-14-5-3-7-17(26-21)19(14)16/h2-8,10,18H,9,11-12H2,1H3/t18-,20+/m1/s1. The number of hydrogen-bond donors (Lipinski definition) is 0. The Hall–Kier alpha value is -2.82. The predicted octanol–water partition coefficient (Wildman–Crippen LogP) is 3.55. The highest BCUT2D eigenvalue weighted by Crippen LogP contribution is 2.59. The Labute approximate surface area is 150 Å². The molecule has 0 radical (unpaired) electrons. The quantitative estimate of drug-likeness (QED) is 0.736. The summed E-state index contributed by atoms with van der Waals surface area (Å²) in [5.41, 5.74) is -0.814. The van der Waals surface area contributed by atoms with Crippen molar-refractivity contribution in [2.24, 2.45) is 5.41 Å². The first-order valence-corrected chi connectivity index (χ1v) is 8.82. The zero-order chi connectivity index (χ0) is 17.9. The predicted molar refractivity (Wildman–Crippen MR) is 93.9 cm³/mol. The van der Waals surface area contributed by atoms with Crippen LogP contribution >= 0.6 is 0 Å². The molecule has 1 saturated carbocycles. The Morgan fingerprint density at radius 3 is 2.42 bits per heavy atom. The van der Waals surface area contributed by atoms with Gasteiger partial charge in [0.05, 0.1) is 5.39 Å². The lowest BCUT2D eigenvalue weighted by Crippen LogP contribution is -2.57. The van der Waals surface area contributed by atoms with Crippen molar-refractivity contribution in [2.45, 2.75) is 38.1 Å². The number of ether oxygens (including phenoxy) is 3. The van der Waals surface area contributed by atoms with Gasteiger partial charge in [-0.3, -0.25) is 9.59 Å². The molecule has 0 unspecified atom stereocenters. The van der Waals surface area contributed by atoms with E-state index in [0.717, 1.165) is 22.3 Å². The van der Waals surface area contributed by atoms with E-state index in [1.165, 1.54) is 6.92 Å². The summed E-state index contributed by atoms with van der Waals surface area (Å²) in [6, 6.07) is 11.8. The molecule has 2 aromatic rings. The molecule has 1 aliphatic heterocycles. The summed E-state index contributed by atoms with van der Waals surface area (Å²) in [7, 11) is 0. The third kappa shape index (κ3) is 1.91. The molecule has 5 heteroatoms. The lowest BCUT2D eigenvalue weighted by molar-refractivity contribution is -0.196. The van der Waals surface area contributed by atoms with E-state index in [-0.39, 0.29) is 18.2 Å². The normalized spacial score (nSPS) is 27.7. The van der Waals surface area contributed by atoms with Gasteiger partial charge in [0.15, 0.2) is 5.78 Å². The van der Waals surface area contributed by atoms with Crippen LogP contribution in [0.4, 0.5) is 0 Å². The molecule has 1 heterocycles. The molecule has 0 saturated heterocycles. The van der Waals surface area contributed by atoms with Gasteiger partial charge < -0.3 is 14.2 Å². The summed E-state index contributed by atoms with van der Waals surface area (Å²) >= 11 is 0. The van der Waals surface area contributed by atoms with E-state index in [1.807, 2.05) is 42.5 Å². The summed E-state index contributed by atoms with van der Waals surface area (Å²) in [5, 5.41) is 1.97. The second-order valence-electron chi connectivity index (χ2n) is 7.22. The Morgan fingerprint density at radius 2 is 1.85 bits per heavy atom. The fourth-order valence-electron chi connectivity index (χ4n) is 4.66. The third-order valence-corrected chi connectivity index (χ3v) is 5.74. The minimum Gasteiger partial charge on any atom is -0.461 e. The molecule has 132 valence electrons. The highest BCUT2D eigenvalue weighted by atomic mass is 16.7. The molecule has 2 aromatic carbocycles. The van der Waals surface area contributed by atoms with E-state index in [4.69, 9.17) is 14.2 Å². The van der Waals surface area contributed by atoms with Crippen molar-refractivity contribution in [3.8, 4) is 11.5 Å². The molecule has 1 fully saturated rings. The molecule has 2 atom stereocenters. The average Bonchev–Trinajstić information content (AvgIpc) is 3.12. The zero-order valence-electron chi connectivity index (χ0n) is 14.4. The van der Waals surface area contributed by atoms with Crippen molar-refractivity contribution in [3.63, 3.8) is 0 Å². The van der Waals surface area contributed by atoms with Gasteiger partial charge in [-0.15, -0.1) is 0 Å². The summed E-state index contributed by atoms with van der Waals surface area (Å²) in [6.45, 7) is 1.39. The van der Waals surface area contributed by atoms with E-state index in [1.54, 1.807) is 6.08 Å². The maximum absolute atomic E-state index is 12.2. The highest BCUT2D eigenvalue weighted by molar-refractivity contribution is 5.95. The smallest absolute Gasteiger partial charge is 0.302 e. The van der Waals surface area contributed by atoms with Crippen LogP contribution in [-0.4, -0.2) is 23.6 Å². The van der Waals surface area contributed by atoms with Crippen LogP contribution in [0.25, 0.3) is 10.8 Å². The fraction of sp³-hybridized carbons (Fsp3) is 0.333. The van der Waals surface area contributed by atoms with Crippen LogP contribution < -0.4 is 9.47 Å². The van der Waals surface area contributed by atoms with Gasteiger partial charge in [0.25, 0.3) is 5.79 Å². The highest BCUT2D eigenvalue weighted by Gasteiger charge is 2.67. The number of benzene rings is 2. The number of ketones is 1. The lowest BCUT2D eigenvalue weighted by Gasteiger charge is -2.45. The largest absolute Gasteiger partial charge is 0.461 e. The van der Waals surface area contributed by atoms with Gasteiger partial charge in [-0.2, -0.15) is 0 Å². The molecule has 0 aromatic heterocycles. The molecule has 5 rings (SSSR count). The van der Waals surface area contributed by atoms with Crippen molar-refractivity contribution in [3.05, 3.63) is 48.6 Å². The van der Waals surface area contributed by atoms with Crippen LogP contribution in [0.1, 0.15) is 26.2 Å². The average molecular weight is 350 g/mol. The van der Waals surface area contributed by atoms with Crippen LogP contribution in [0, 0.1) is 5.41 Å². The number of esters is 1. The molecular weight excluding hydrogens is 332 g/mol. The molecule has 26 heavy (non-hydrogen) atoms. The Bertz CT molecular complexity index is 935. The van der Waals surface area contributed by atoms with Crippen LogP contribution in [0.5, 0.6) is 11.5 Å². The molecule has 0 bridgehead atoms. The number of allylic oxidation sites excluding steroid dienone is 1. The second kappa shape index (κ2) is 5.10. The van der Waals surface area contributed by atoms with Crippen LogP contribution in [0.2, 0.25) is 0 Å². The van der Waals surface area contributed by atoms with Crippen molar-refractivity contribution < 1.29 is 23.8 Å². The van der Waals surface area contributed by atoms with Gasteiger partial charge in [0.1, 0.15) is 23.0 Å². The summed E-state index contributed by atoms with van der Waals surface area (Å²) in [6.07, 6.45) is 4.25. The van der Waals surface area contributed by atoms with E-state index >= 15 is 0 Å². The van der Waals surface area contributed by atoms with Crippen LogP contribution in [0.3, 0.4) is 0 Å². The topological polar surface area (TPSA) is 61.8 Å². The minimum atomic E-state index is -1.06. The summed E-state index contributed by atoms with van der Waals surface area (Å²) < 4.78 is 18.5. The molecule has 5 nitrogen and oxygen atoms in total. The van der Waals surface area contributed by atoms with Crippen molar-refractivity contribution in [2.75, 3.05) is 0 Å². The molecule has 2 spiro atoms. The summed E-state index contributed by atoms with van der Waals surface area (Å²) in [4.78, 5) is 23.8. The zero-order valence-corrected chi connectivity index (χ0v) is 14.4. The van der Waals surface area contributed by atoms with Crippen molar-refractivity contribution >= 4 is 22.5 Å². The molecule has 3 aliphatic rings. The third-order valence-electron chi connectivity index (χ3n) is 5.74. The minimum absolute atomic E-state index is 0.00676. The van der Waals surface area contributed by atoms with Crippen LogP contribution in [0.15, 0.2) is 48.6 Å². The molecule has 0 amide bonds. The van der Waals surface area contributed by atoms with Crippen LogP contribution in [-0.2, 0) is 14.3 Å². The monoisotopic (exact) mass is 350 g/mol.